The normalized spacial score (nSPS) is 20.1. The molecule has 24 heavy (non-hydrogen) atoms. The number of rotatable bonds is 4. The number of hydrazine groups is 1. The topological polar surface area (TPSA) is 62.4 Å². The number of hydrogen-bond acceptors (Lipinski definition) is 3. The fraction of sp³-hybridized carbons (Fsp3) is 0.556. The molecule has 0 spiro atoms. The Morgan fingerprint density at radius 1 is 1.21 bits per heavy atom. The summed E-state index contributed by atoms with van der Waals surface area (Å²) < 4.78 is 5.49. The van der Waals surface area contributed by atoms with Gasteiger partial charge in [0.05, 0.1) is 0 Å². The first-order valence-electron chi connectivity index (χ1n) is 8.51. The fourth-order valence-electron chi connectivity index (χ4n) is 2.85. The number of thiocarbonyl (C=S) groups is 1. The van der Waals surface area contributed by atoms with Gasteiger partial charge < -0.3 is 10.1 Å². The molecule has 1 aromatic rings. The highest BCUT2D eigenvalue weighted by molar-refractivity contribution is 7.80. The molecule has 0 aliphatic heterocycles. The van der Waals surface area contributed by atoms with Crippen LogP contribution in [-0.4, -0.2) is 23.7 Å². The van der Waals surface area contributed by atoms with Gasteiger partial charge in [-0.2, -0.15) is 0 Å². The third-order valence-corrected chi connectivity index (χ3v) is 4.81. The number of amides is 1. The van der Waals surface area contributed by atoms with Crippen LogP contribution in [0, 0.1) is 19.8 Å². The zero-order chi connectivity index (χ0) is 17.5. The minimum absolute atomic E-state index is 0.0576. The zero-order valence-electron chi connectivity index (χ0n) is 14.6. The second kappa shape index (κ2) is 8.87. The Balaban J connectivity index is 1.68. The molecule has 1 aromatic carbocycles. The summed E-state index contributed by atoms with van der Waals surface area (Å²) in [7, 11) is 0. The van der Waals surface area contributed by atoms with Crippen LogP contribution >= 0.6 is 12.2 Å². The van der Waals surface area contributed by atoms with Gasteiger partial charge in [0.1, 0.15) is 5.75 Å². The summed E-state index contributed by atoms with van der Waals surface area (Å²) in [6.45, 7) is 6.23. The molecular formula is C18H27N3O2S. The van der Waals surface area contributed by atoms with Crippen LogP contribution in [0.3, 0.4) is 0 Å². The lowest BCUT2D eigenvalue weighted by molar-refractivity contribution is -0.123. The van der Waals surface area contributed by atoms with Crippen molar-refractivity contribution in [1.82, 2.24) is 16.2 Å². The molecule has 2 rings (SSSR count). The number of benzene rings is 1. The van der Waals surface area contributed by atoms with Crippen molar-refractivity contribution >= 4 is 23.2 Å². The maximum absolute atomic E-state index is 11.8. The molecule has 1 fully saturated rings. The van der Waals surface area contributed by atoms with Crippen molar-refractivity contribution < 1.29 is 9.53 Å². The van der Waals surface area contributed by atoms with Gasteiger partial charge in [-0.15, -0.1) is 0 Å². The van der Waals surface area contributed by atoms with Crippen LogP contribution in [0.2, 0.25) is 0 Å². The average Bonchev–Trinajstić information content (AvgIpc) is 2.56. The average molecular weight is 350 g/mol. The van der Waals surface area contributed by atoms with E-state index in [1.807, 2.05) is 32.0 Å². The monoisotopic (exact) mass is 349 g/mol. The number of hydrogen-bond donors (Lipinski definition) is 3. The third-order valence-electron chi connectivity index (χ3n) is 4.59. The maximum atomic E-state index is 11.8. The molecule has 3 N–H and O–H groups in total. The number of carbonyl (C=O) groups is 1. The summed E-state index contributed by atoms with van der Waals surface area (Å²) in [5, 5.41) is 3.73. The Morgan fingerprint density at radius 2 is 1.96 bits per heavy atom. The molecule has 1 aliphatic rings. The van der Waals surface area contributed by atoms with E-state index >= 15 is 0 Å². The Morgan fingerprint density at radius 3 is 2.67 bits per heavy atom. The van der Waals surface area contributed by atoms with Gasteiger partial charge in [0, 0.05) is 6.04 Å². The van der Waals surface area contributed by atoms with E-state index < -0.39 is 0 Å². The zero-order valence-corrected chi connectivity index (χ0v) is 15.5. The van der Waals surface area contributed by atoms with Crippen molar-refractivity contribution in [2.24, 2.45) is 5.92 Å². The van der Waals surface area contributed by atoms with E-state index in [4.69, 9.17) is 17.0 Å². The molecule has 5 nitrogen and oxygen atoms in total. The molecule has 2 atom stereocenters. The van der Waals surface area contributed by atoms with Crippen LogP contribution < -0.4 is 20.9 Å². The van der Waals surface area contributed by atoms with Gasteiger partial charge in [0.15, 0.2) is 11.7 Å². The highest BCUT2D eigenvalue weighted by Crippen LogP contribution is 2.23. The standard InChI is InChI=1S/C18H27N3O2S/c1-12-8-9-15(10-14(12)3)23-11-17(22)20-21-18(24)19-16-7-5-4-6-13(16)2/h8-10,13,16H,4-7,11H2,1-3H3,(H,20,22)(H2,19,21,24)/t13-,16-/m0/s1. The summed E-state index contributed by atoms with van der Waals surface area (Å²) in [6.07, 6.45) is 4.84. The van der Waals surface area contributed by atoms with E-state index in [0.29, 0.717) is 22.8 Å². The quantitative estimate of drug-likeness (QED) is 0.576. The second-order valence-electron chi connectivity index (χ2n) is 6.55. The summed E-state index contributed by atoms with van der Waals surface area (Å²) in [6, 6.07) is 6.14. The van der Waals surface area contributed by atoms with Gasteiger partial charge in [-0.25, -0.2) is 0 Å². The van der Waals surface area contributed by atoms with E-state index in [9.17, 15) is 4.79 Å². The first kappa shape index (κ1) is 18.5. The molecule has 0 radical (unpaired) electrons. The number of nitrogens with one attached hydrogen (secondary N) is 3. The molecular weight excluding hydrogens is 322 g/mol. The van der Waals surface area contributed by atoms with E-state index in [-0.39, 0.29) is 12.5 Å². The Bertz CT molecular complexity index is 592. The van der Waals surface area contributed by atoms with Gasteiger partial charge in [-0.1, -0.05) is 25.8 Å². The molecule has 0 saturated heterocycles. The highest BCUT2D eigenvalue weighted by Gasteiger charge is 2.21. The minimum Gasteiger partial charge on any atom is -0.484 e. The van der Waals surface area contributed by atoms with Crippen molar-refractivity contribution in [3.05, 3.63) is 29.3 Å². The first-order chi connectivity index (χ1) is 11.5. The van der Waals surface area contributed by atoms with Crippen molar-refractivity contribution in [3.8, 4) is 5.75 Å². The summed E-state index contributed by atoms with van der Waals surface area (Å²) in [4.78, 5) is 11.8. The summed E-state index contributed by atoms with van der Waals surface area (Å²) in [5.74, 6) is 1.02. The lowest BCUT2D eigenvalue weighted by Crippen LogP contribution is -2.52. The van der Waals surface area contributed by atoms with Crippen LogP contribution in [0.4, 0.5) is 0 Å². The Labute approximate surface area is 149 Å². The third kappa shape index (κ3) is 5.67. The first-order valence-corrected chi connectivity index (χ1v) is 8.92. The van der Waals surface area contributed by atoms with Gasteiger partial charge in [0.2, 0.25) is 0 Å². The van der Waals surface area contributed by atoms with Crippen LogP contribution in [0.1, 0.15) is 43.7 Å². The SMILES string of the molecule is Cc1ccc(OCC(=O)NNC(=S)N[C@H]2CCCC[C@@H]2C)cc1C. The van der Waals surface area contributed by atoms with E-state index in [1.165, 1.54) is 24.8 Å². The van der Waals surface area contributed by atoms with Gasteiger partial charge in [0.25, 0.3) is 5.91 Å². The predicted octanol–water partition coefficient (Wildman–Crippen LogP) is 2.76. The molecule has 0 bridgehead atoms. The van der Waals surface area contributed by atoms with Gasteiger partial charge >= 0.3 is 0 Å². The van der Waals surface area contributed by atoms with Crippen molar-refractivity contribution in [3.63, 3.8) is 0 Å². The van der Waals surface area contributed by atoms with Crippen molar-refractivity contribution in [2.45, 2.75) is 52.5 Å². The lowest BCUT2D eigenvalue weighted by atomic mass is 9.86. The minimum atomic E-state index is -0.269. The highest BCUT2D eigenvalue weighted by atomic mass is 32.1. The molecule has 1 amide bonds. The van der Waals surface area contributed by atoms with Crippen LogP contribution in [0.5, 0.6) is 5.75 Å². The number of aryl methyl sites for hydroxylation is 2. The molecule has 6 heteroatoms. The van der Waals surface area contributed by atoms with Gasteiger partial charge in [-0.3, -0.25) is 15.6 Å². The Hall–Kier alpha value is -1.82. The molecule has 0 heterocycles. The lowest BCUT2D eigenvalue weighted by Gasteiger charge is -2.30. The fourth-order valence-corrected chi connectivity index (χ4v) is 3.05. The van der Waals surface area contributed by atoms with Crippen LogP contribution in [-0.2, 0) is 4.79 Å². The second-order valence-corrected chi connectivity index (χ2v) is 6.96. The van der Waals surface area contributed by atoms with Gasteiger partial charge in [-0.05, 0) is 68.1 Å². The van der Waals surface area contributed by atoms with Crippen LogP contribution in [0.25, 0.3) is 0 Å². The molecule has 1 saturated carbocycles. The molecule has 0 aromatic heterocycles. The van der Waals surface area contributed by atoms with E-state index in [1.54, 1.807) is 0 Å². The molecule has 1 aliphatic carbocycles. The number of ether oxygens (including phenoxy) is 1. The molecule has 0 unspecified atom stereocenters. The van der Waals surface area contributed by atoms with E-state index in [0.717, 1.165) is 12.0 Å². The largest absolute Gasteiger partial charge is 0.484 e. The summed E-state index contributed by atoms with van der Waals surface area (Å²) in [5.41, 5.74) is 7.65. The number of carbonyl (C=O) groups excluding carboxylic acids is 1. The predicted molar refractivity (Wildman–Crippen MR) is 99.8 cm³/mol. The van der Waals surface area contributed by atoms with Crippen molar-refractivity contribution in [2.75, 3.05) is 6.61 Å². The smallest absolute Gasteiger partial charge is 0.276 e. The molecule has 132 valence electrons. The van der Waals surface area contributed by atoms with E-state index in [2.05, 4.69) is 23.1 Å². The Kier molecular flexibility index (Phi) is 6.85. The summed E-state index contributed by atoms with van der Waals surface area (Å²) >= 11 is 5.24. The van der Waals surface area contributed by atoms with Crippen LogP contribution in [0.15, 0.2) is 18.2 Å². The van der Waals surface area contributed by atoms with Crippen molar-refractivity contribution in [1.29, 1.82) is 0 Å². The maximum Gasteiger partial charge on any atom is 0.276 e.